The number of carbonyl (C=O) groups is 1. The normalized spacial score (nSPS) is 13.9. The summed E-state index contributed by atoms with van der Waals surface area (Å²) >= 11 is 0. The van der Waals surface area contributed by atoms with Gasteiger partial charge in [-0.25, -0.2) is 8.42 Å². The first-order valence-electron chi connectivity index (χ1n) is 8.86. The highest BCUT2D eigenvalue weighted by atomic mass is 32.2. The molecule has 3 rings (SSSR count). The summed E-state index contributed by atoms with van der Waals surface area (Å²) in [5.41, 5.74) is 0.612. The summed E-state index contributed by atoms with van der Waals surface area (Å²) in [4.78, 5) is 11.7. The van der Waals surface area contributed by atoms with Crippen molar-refractivity contribution in [1.29, 1.82) is 0 Å². The monoisotopic (exact) mass is 444 g/mol. The van der Waals surface area contributed by atoms with Gasteiger partial charge in [0.25, 0.3) is 5.91 Å². The van der Waals surface area contributed by atoms with Crippen LogP contribution in [0.15, 0.2) is 47.4 Å². The molecule has 0 unspecified atom stereocenters. The van der Waals surface area contributed by atoms with Crippen molar-refractivity contribution in [3.63, 3.8) is 0 Å². The SMILES string of the molecule is CN(Cc1ccc2c(c1)OCCO2)S(=O)(=O)c1ccc(C(=O)NCC(F)(F)F)cc1. The van der Waals surface area contributed by atoms with E-state index in [0.717, 1.165) is 16.4 Å². The maximum absolute atomic E-state index is 12.8. The van der Waals surface area contributed by atoms with Gasteiger partial charge in [0.05, 0.1) is 4.90 Å². The zero-order valence-corrected chi connectivity index (χ0v) is 16.7. The summed E-state index contributed by atoms with van der Waals surface area (Å²) in [6, 6.07) is 9.82. The van der Waals surface area contributed by atoms with E-state index in [1.165, 1.54) is 19.2 Å². The molecule has 0 aromatic heterocycles. The Morgan fingerprint density at radius 3 is 2.33 bits per heavy atom. The van der Waals surface area contributed by atoms with E-state index < -0.39 is 28.7 Å². The number of nitrogens with zero attached hydrogens (tertiary/aromatic N) is 1. The molecule has 0 fully saturated rings. The predicted molar refractivity (Wildman–Crippen MR) is 101 cm³/mol. The molecule has 2 aromatic carbocycles. The fourth-order valence-corrected chi connectivity index (χ4v) is 3.93. The molecule has 0 radical (unpaired) electrons. The molecular weight excluding hydrogens is 425 g/mol. The highest BCUT2D eigenvalue weighted by Gasteiger charge is 2.28. The number of hydrogen-bond donors (Lipinski definition) is 1. The van der Waals surface area contributed by atoms with Gasteiger partial charge in [0, 0.05) is 19.2 Å². The van der Waals surface area contributed by atoms with Crippen molar-refractivity contribution in [3.05, 3.63) is 53.6 Å². The number of sulfonamides is 1. The number of hydrogen-bond acceptors (Lipinski definition) is 5. The van der Waals surface area contributed by atoms with Crippen LogP contribution < -0.4 is 14.8 Å². The third-order valence-corrected chi connectivity index (χ3v) is 6.10. The lowest BCUT2D eigenvalue weighted by Crippen LogP contribution is -2.33. The summed E-state index contributed by atoms with van der Waals surface area (Å²) in [5.74, 6) is 0.189. The summed E-state index contributed by atoms with van der Waals surface area (Å²) in [5, 5.41) is 1.73. The molecule has 1 amide bonds. The molecule has 0 atom stereocenters. The van der Waals surface area contributed by atoms with Crippen LogP contribution in [0.1, 0.15) is 15.9 Å². The second-order valence-corrected chi connectivity index (χ2v) is 8.61. The lowest BCUT2D eigenvalue weighted by molar-refractivity contribution is -0.123. The van der Waals surface area contributed by atoms with Crippen LogP contribution in [0.3, 0.4) is 0 Å². The van der Waals surface area contributed by atoms with E-state index in [1.807, 2.05) is 0 Å². The zero-order chi connectivity index (χ0) is 21.9. The number of nitrogens with one attached hydrogen (secondary N) is 1. The van der Waals surface area contributed by atoms with Crippen molar-refractivity contribution in [1.82, 2.24) is 9.62 Å². The van der Waals surface area contributed by atoms with Gasteiger partial charge in [-0.05, 0) is 42.0 Å². The van der Waals surface area contributed by atoms with Crippen LogP contribution >= 0.6 is 0 Å². The topological polar surface area (TPSA) is 84.9 Å². The van der Waals surface area contributed by atoms with Gasteiger partial charge in [-0.1, -0.05) is 6.07 Å². The number of alkyl halides is 3. The van der Waals surface area contributed by atoms with E-state index in [0.29, 0.717) is 30.3 Å². The number of halogens is 3. The zero-order valence-electron chi connectivity index (χ0n) is 15.9. The van der Waals surface area contributed by atoms with Gasteiger partial charge in [-0.15, -0.1) is 0 Å². The summed E-state index contributed by atoms with van der Waals surface area (Å²) in [7, 11) is -2.49. The molecule has 1 N–H and O–H groups in total. The molecule has 1 aliphatic heterocycles. The van der Waals surface area contributed by atoms with Gasteiger partial charge in [0.2, 0.25) is 10.0 Å². The van der Waals surface area contributed by atoms with Gasteiger partial charge in [-0.3, -0.25) is 4.79 Å². The maximum atomic E-state index is 12.8. The standard InChI is InChI=1S/C19H19F3N2O5S/c1-24(11-13-2-7-16-17(10-13)29-9-8-28-16)30(26,27)15-5-3-14(4-6-15)18(25)23-12-19(20,21)22/h2-7,10H,8-9,11-12H2,1H3,(H,23,25). The highest BCUT2D eigenvalue weighted by molar-refractivity contribution is 7.89. The highest BCUT2D eigenvalue weighted by Crippen LogP contribution is 2.31. The molecule has 0 spiro atoms. The third kappa shape index (κ3) is 5.22. The molecule has 0 aliphatic carbocycles. The Bertz CT molecular complexity index is 1020. The Morgan fingerprint density at radius 2 is 1.70 bits per heavy atom. The molecule has 162 valence electrons. The van der Waals surface area contributed by atoms with Crippen LogP contribution in [0.5, 0.6) is 11.5 Å². The number of fused-ring (bicyclic) bond motifs is 1. The van der Waals surface area contributed by atoms with Gasteiger partial charge in [-0.2, -0.15) is 17.5 Å². The first kappa shape index (κ1) is 21.9. The maximum Gasteiger partial charge on any atom is 0.405 e. The number of carbonyl (C=O) groups excluding carboxylic acids is 1. The number of ether oxygens (including phenoxy) is 2. The Labute approximate surface area is 171 Å². The average Bonchev–Trinajstić information content (AvgIpc) is 2.71. The minimum Gasteiger partial charge on any atom is -0.486 e. The van der Waals surface area contributed by atoms with Gasteiger partial charge in [0.1, 0.15) is 19.8 Å². The largest absolute Gasteiger partial charge is 0.486 e. The second-order valence-electron chi connectivity index (χ2n) is 6.56. The number of amides is 1. The van der Waals surface area contributed by atoms with Crippen molar-refractivity contribution in [2.24, 2.45) is 0 Å². The summed E-state index contributed by atoms with van der Waals surface area (Å²) in [6.07, 6.45) is -4.53. The van der Waals surface area contributed by atoms with E-state index in [1.54, 1.807) is 23.5 Å². The van der Waals surface area contributed by atoms with E-state index >= 15 is 0 Å². The Kier molecular flexibility index (Phi) is 6.22. The predicted octanol–water partition coefficient (Wildman–Crippen LogP) is 2.57. The average molecular weight is 444 g/mol. The van der Waals surface area contributed by atoms with Crippen molar-refractivity contribution in [3.8, 4) is 11.5 Å². The van der Waals surface area contributed by atoms with Gasteiger partial charge < -0.3 is 14.8 Å². The van der Waals surface area contributed by atoms with Crippen LogP contribution in [-0.2, 0) is 16.6 Å². The van der Waals surface area contributed by atoms with Gasteiger partial charge in [0.15, 0.2) is 11.5 Å². The first-order valence-corrected chi connectivity index (χ1v) is 10.3. The second kappa shape index (κ2) is 8.52. The molecule has 0 saturated heterocycles. The summed E-state index contributed by atoms with van der Waals surface area (Å²) < 4.78 is 74.2. The number of rotatable bonds is 6. The fraction of sp³-hybridized carbons (Fsp3) is 0.316. The van der Waals surface area contributed by atoms with E-state index in [2.05, 4.69) is 0 Å². The Morgan fingerprint density at radius 1 is 1.07 bits per heavy atom. The molecule has 0 bridgehead atoms. The molecule has 7 nitrogen and oxygen atoms in total. The smallest absolute Gasteiger partial charge is 0.405 e. The van der Waals surface area contributed by atoms with Crippen LogP contribution in [0.25, 0.3) is 0 Å². The van der Waals surface area contributed by atoms with Crippen molar-refractivity contribution in [2.45, 2.75) is 17.6 Å². The molecule has 1 aliphatic rings. The lowest BCUT2D eigenvalue weighted by atomic mass is 10.2. The molecule has 0 saturated carbocycles. The quantitative estimate of drug-likeness (QED) is 0.741. The summed E-state index contributed by atoms with van der Waals surface area (Å²) in [6.45, 7) is -0.546. The molecule has 1 heterocycles. The van der Waals surface area contributed by atoms with E-state index in [4.69, 9.17) is 9.47 Å². The fourth-order valence-electron chi connectivity index (χ4n) is 2.77. The minimum atomic E-state index is -4.53. The molecule has 2 aromatic rings. The van der Waals surface area contributed by atoms with Crippen molar-refractivity contribution < 1.29 is 35.9 Å². The first-order chi connectivity index (χ1) is 14.1. The van der Waals surface area contributed by atoms with Crippen LogP contribution in [0, 0.1) is 0 Å². The van der Waals surface area contributed by atoms with Crippen LogP contribution in [-0.4, -0.2) is 51.6 Å². The van der Waals surface area contributed by atoms with E-state index in [9.17, 15) is 26.4 Å². The van der Waals surface area contributed by atoms with Crippen molar-refractivity contribution in [2.75, 3.05) is 26.8 Å². The van der Waals surface area contributed by atoms with Crippen LogP contribution in [0.2, 0.25) is 0 Å². The molecule has 30 heavy (non-hydrogen) atoms. The number of benzene rings is 2. The molecule has 11 heteroatoms. The lowest BCUT2D eigenvalue weighted by Gasteiger charge is -2.21. The Hall–Kier alpha value is -2.79. The molecular formula is C19H19F3N2O5S. The van der Waals surface area contributed by atoms with Gasteiger partial charge >= 0.3 is 6.18 Å². The minimum absolute atomic E-state index is 0.0623. The Balaban J connectivity index is 1.69. The third-order valence-electron chi connectivity index (χ3n) is 4.29. The van der Waals surface area contributed by atoms with Crippen molar-refractivity contribution >= 4 is 15.9 Å². The van der Waals surface area contributed by atoms with Crippen LogP contribution in [0.4, 0.5) is 13.2 Å². The van der Waals surface area contributed by atoms with E-state index in [-0.39, 0.29) is 17.0 Å².